The summed E-state index contributed by atoms with van der Waals surface area (Å²) in [6.45, 7) is 0. The molecule has 0 radical (unpaired) electrons. The summed E-state index contributed by atoms with van der Waals surface area (Å²) in [7, 11) is 2.90. The van der Waals surface area contributed by atoms with E-state index in [0.717, 1.165) is 13.3 Å². The molecule has 0 saturated heterocycles. The SMILES string of the molecule is COC1=C(F)C(Oc2cc(C(=N)N)ccc2O)N=CC1(F)Oc1cccc(-c2nccn2C)c1. The Labute approximate surface area is 193 Å². The van der Waals surface area contributed by atoms with Crippen molar-refractivity contribution in [3.8, 4) is 28.6 Å². The van der Waals surface area contributed by atoms with E-state index in [4.69, 9.17) is 25.4 Å². The Morgan fingerprint density at radius 2 is 2.06 bits per heavy atom. The maximum absolute atomic E-state index is 15.7. The van der Waals surface area contributed by atoms with Crippen molar-refractivity contribution in [3.63, 3.8) is 0 Å². The number of methoxy groups -OCH3 is 1. The van der Waals surface area contributed by atoms with Gasteiger partial charge in [0, 0.05) is 30.6 Å². The fraction of sp³-hybridized carbons (Fsp3) is 0.174. The summed E-state index contributed by atoms with van der Waals surface area (Å²) >= 11 is 0. The fourth-order valence-electron chi connectivity index (χ4n) is 3.36. The van der Waals surface area contributed by atoms with Crippen molar-refractivity contribution >= 4 is 12.1 Å². The number of phenolic OH excluding ortho intramolecular Hbond substituents is 1. The van der Waals surface area contributed by atoms with Gasteiger partial charge >= 0.3 is 5.85 Å². The van der Waals surface area contributed by atoms with E-state index in [0.29, 0.717) is 11.4 Å². The normalized spacial score (nSPS) is 19.7. The van der Waals surface area contributed by atoms with Crippen molar-refractivity contribution < 1.29 is 28.1 Å². The highest BCUT2D eigenvalue weighted by molar-refractivity contribution is 5.95. The molecule has 0 aliphatic carbocycles. The summed E-state index contributed by atoms with van der Waals surface area (Å²) in [5.41, 5.74) is 6.33. The molecule has 176 valence electrons. The highest BCUT2D eigenvalue weighted by Crippen LogP contribution is 2.37. The summed E-state index contributed by atoms with van der Waals surface area (Å²) in [5.74, 6) is -4.95. The number of aromatic nitrogens is 2. The van der Waals surface area contributed by atoms with Gasteiger partial charge in [-0.2, -0.15) is 4.39 Å². The Kier molecular flexibility index (Phi) is 5.93. The lowest BCUT2D eigenvalue weighted by Gasteiger charge is -2.29. The Bertz CT molecular complexity index is 1310. The Hall–Kier alpha value is -4.41. The number of aromatic hydroxyl groups is 1. The first-order chi connectivity index (χ1) is 16.2. The monoisotopic (exact) mass is 469 g/mol. The highest BCUT2D eigenvalue weighted by atomic mass is 19.2. The van der Waals surface area contributed by atoms with Crippen LogP contribution in [0.3, 0.4) is 0 Å². The molecule has 0 spiro atoms. The molecule has 2 unspecified atom stereocenters. The average molecular weight is 469 g/mol. The van der Waals surface area contributed by atoms with Gasteiger partial charge in [0.1, 0.15) is 17.4 Å². The largest absolute Gasteiger partial charge is 0.504 e. The van der Waals surface area contributed by atoms with Gasteiger partial charge in [0.2, 0.25) is 17.8 Å². The number of nitrogen functional groups attached to an aromatic ring is 1. The van der Waals surface area contributed by atoms with E-state index in [2.05, 4.69) is 9.98 Å². The van der Waals surface area contributed by atoms with Gasteiger partial charge in [0.05, 0.1) is 13.3 Å². The third kappa shape index (κ3) is 4.27. The number of halogens is 2. The number of nitrogens with zero attached hydrogens (tertiary/aromatic N) is 3. The number of benzene rings is 2. The van der Waals surface area contributed by atoms with E-state index in [1.165, 1.54) is 24.3 Å². The van der Waals surface area contributed by atoms with Crippen LogP contribution in [0.4, 0.5) is 8.78 Å². The van der Waals surface area contributed by atoms with Gasteiger partial charge in [-0.3, -0.25) is 5.41 Å². The second-order valence-corrected chi connectivity index (χ2v) is 7.36. The van der Waals surface area contributed by atoms with Crippen molar-refractivity contribution in [1.29, 1.82) is 5.41 Å². The number of hydrogen-bond acceptors (Lipinski definition) is 7. The molecule has 1 aliphatic rings. The van der Waals surface area contributed by atoms with Gasteiger partial charge in [-0.15, -0.1) is 0 Å². The fourth-order valence-corrected chi connectivity index (χ4v) is 3.36. The van der Waals surface area contributed by atoms with Crippen LogP contribution < -0.4 is 15.2 Å². The third-order valence-electron chi connectivity index (χ3n) is 5.01. The molecule has 0 saturated carbocycles. The summed E-state index contributed by atoms with van der Waals surface area (Å²) in [6.07, 6.45) is 2.45. The van der Waals surface area contributed by atoms with Gasteiger partial charge in [-0.1, -0.05) is 12.1 Å². The number of dihydropyridines is 1. The summed E-state index contributed by atoms with van der Waals surface area (Å²) in [6, 6.07) is 10.3. The molecule has 2 atom stereocenters. The lowest BCUT2D eigenvalue weighted by Crippen LogP contribution is -2.41. The van der Waals surface area contributed by atoms with Crippen LogP contribution in [0.2, 0.25) is 0 Å². The summed E-state index contributed by atoms with van der Waals surface area (Å²) in [4.78, 5) is 8.03. The smallest absolute Gasteiger partial charge is 0.345 e. The second-order valence-electron chi connectivity index (χ2n) is 7.36. The van der Waals surface area contributed by atoms with Crippen LogP contribution in [-0.4, -0.2) is 45.9 Å². The van der Waals surface area contributed by atoms with Crippen LogP contribution >= 0.6 is 0 Å². The molecule has 2 aromatic carbocycles. The number of aliphatic imine (C=N–C) groups is 1. The van der Waals surface area contributed by atoms with Gasteiger partial charge in [0.15, 0.2) is 11.5 Å². The van der Waals surface area contributed by atoms with Crippen molar-refractivity contribution in [2.24, 2.45) is 17.8 Å². The zero-order valence-electron chi connectivity index (χ0n) is 18.2. The quantitative estimate of drug-likeness (QED) is 0.359. The first-order valence-corrected chi connectivity index (χ1v) is 10.00. The zero-order valence-corrected chi connectivity index (χ0v) is 18.2. The van der Waals surface area contributed by atoms with Crippen molar-refractivity contribution in [3.05, 3.63) is 72.0 Å². The molecule has 4 rings (SSSR count). The predicted octanol–water partition coefficient (Wildman–Crippen LogP) is 3.44. The van der Waals surface area contributed by atoms with E-state index in [1.54, 1.807) is 35.2 Å². The van der Waals surface area contributed by atoms with E-state index >= 15 is 8.78 Å². The van der Waals surface area contributed by atoms with Gasteiger partial charge < -0.3 is 29.6 Å². The lowest BCUT2D eigenvalue weighted by molar-refractivity contribution is -0.0154. The molecule has 1 aromatic heterocycles. The third-order valence-corrected chi connectivity index (χ3v) is 5.01. The molecule has 0 bridgehead atoms. The number of ether oxygens (including phenoxy) is 3. The molecular formula is C23H21F2N5O4. The van der Waals surface area contributed by atoms with Gasteiger partial charge in [0.25, 0.3) is 0 Å². The van der Waals surface area contributed by atoms with E-state index in [9.17, 15) is 5.11 Å². The van der Waals surface area contributed by atoms with Crippen molar-refractivity contribution in [1.82, 2.24) is 9.55 Å². The van der Waals surface area contributed by atoms with Crippen LogP contribution in [0.25, 0.3) is 11.4 Å². The number of hydrogen-bond donors (Lipinski definition) is 3. The molecule has 2 heterocycles. The number of imidazole rings is 1. The highest BCUT2D eigenvalue weighted by Gasteiger charge is 2.46. The minimum Gasteiger partial charge on any atom is -0.504 e. The predicted molar refractivity (Wildman–Crippen MR) is 120 cm³/mol. The molecule has 9 nitrogen and oxygen atoms in total. The number of nitrogens with two attached hydrogens (primary N) is 1. The molecule has 0 amide bonds. The molecule has 34 heavy (non-hydrogen) atoms. The first-order valence-electron chi connectivity index (χ1n) is 10.00. The molecule has 3 aromatic rings. The molecular weight excluding hydrogens is 448 g/mol. The molecule has 4 N–H and O–H groups in total. The first kappa shape index (κ1) is 22.8. The molecule has 0 fully saturated rings. The summed E-state index contributed by atoms with van der Waals surface area (Å²) in [5, 5.41) is 17.5. The average Bonchev–Trinajstić information content (AvgIpc) is 3.23. The number of aryl methyl sites for hydroxylation is 1. The number of alkyl halides is 1. The molecule has 11 heteroatoms. The maximum Gasteiger partial charge on any atom is 0.345 e. The lowest BCUT2D eigenvalue weighted by atomic mass is 10.1. The van der Waals surface area contributed by atoms with Crippen molar-refractivity contribution in [2.75, 3.05) is 7.11 Å². The Morgan fingerprint density at radius 1 is 1.26 bits per heavy atom. The van der Waals surface area contributed by atoms with Crippen LogP contribution in [0.1, 0.15) is 5.56 Å². The van der Waals surface area contributed by atoms with E-state index in [-0.39, 0.29) is 28.6 Å². The number of nitrogens with one attached hydrogen (secondary N) is 1. The standard InChI is InChI=1S/C23H21F2N5O4/c1-30-9-8-28-21(30)14-4-3-5-15(10-14)34-23(25)12-29-22(18(24)19(23)32-2)33-17-11-13(20(26)27)6-7-16(17)31/h3-12,22,31H,1-2H3,(H3,26,27). The Balaban J connectivity index is 1.61. The second kappa shape index (κ2) is 8.85. The zero-order chi connectivity index (χ0) is 24.5. The van der Waals surface area contributed by atoms with Crippen molar-refractivity contribution in [2.45, 2.75) is 12.1 Å². The summed E-state index contributed by atoms with van der Waals surface area (Å²) < 4.78 is 48.5. The number of rotatable bonds is 7. The van der Waals surface area contributed by atoms with E-state index < -0.39 is 23.7 Å². The number of amidine groups is 1. The van der Waals surface area contributed by atoms with Crippen LogP contribution in [-0.2, 0) is 11.8 Å². The minimum absolute atomic E-state index is 0.0861. The van der Waals surface area contributed by atoms with Gasteiger partial charge in [-0.25, -0.2) is 14.4 Å². The van der Waals surface area contributed by atoms with Crippen LogP contribution in [0.5, 0.6) is 17.2 Å². The van der Waals surface area contributed by atoms with Crippen LogP contribution in [0, 0.1) is 5.41 Å². The van der Waals surface area contributed by atoms with Crippen LogP contribution in [0.15, 0.2) is 71.4 Å². The molecule has 1 aliphatic heterocycles. The van der Waals surface area contributed by atoms with Gasteiger partial charge in [-0.05, 0) is 30.3 Å². The Morgan fingerprint density at radius 3 is 2.74 bits per heavy atom. The minimum atomic E-state index is -2.86. The topological polar surface area (TPSA) is 128 Å². The maximum atomic E-state index is 15.7. The van der Waals surface area contributed by atoms with E-state index in [1.807, 2.05) is 7.05 Å². The number of phenols is 1.